The van der Waals surface area contributed by atoms with Gasteiger partial charge in [-0.25, -0.2) is 4.98 Å². The first-order valence-corrected chi connectivity index (χ1v) is 8.05. The van der Waals surface area contributed by atoms with Crippen molar-refractivity contribution >= 4 is 35.0 Å². The van der Waals surface area contributed by atoms with Crippen LogP contribution in [0.2, 0.25) is 5.02 Å². The Morgan fingerprint density at radius 2 is 2.14 bits per heavy atom. The molecule has 1 N–H and O–H groups in total. The van der Waals surface area contributed by atoms with E-state index in [9.17, 15) is 4.79 Å². The molecule has 1 amide bonds. The topological polar surface area (TPSA) is 42.0 Å². The molecule has 0 fully saturated rings. The predicted octanol–water partition coefficient (Wildman–Crippen LogP) is 4.59. The molecule has 1 heterocycles. The first kappa shape index (κ1) is 15.9. The summed E-state index contributed by atoms with van der Waals surface area (Å²) in [4.78, 5) is 16.1. The third-order valence-corrected chi connectivity index (χ3v) is 4.06. The minimum atomic E-state index is -0.0438. The summed E-state index contributed by atoms with van der Waals surface area (Å²) in [6.45, 7) is 4.26. The molecule has 1 aromatic carbocycles. The van der Waals surface area contributed by atoms with Crippen LogP contribution in [0.15, 0.2) is 47.6 Å². The minimum Gasteiger partial charge on any atom is -0.325 e. The van der Waals surface area contributed by atoms with E-state index < -0.39 is 0 Å². The Labute approximate surface area is 134 Å². The number of nitrogens with one attached hydrogen (secondary N) is 1. The summed E-state index contributed by atoms with van der Waals surface area (Å²) in [5.74, 6) is 0.715. The van der Waals surface area contributed by atoms with Crippen molar-refractivity contribution in [2.75, 3.05) is 11.1 Å². The zero-order valence-electron chi connectivity index (χ0n) is 12.0. The van der Waals surface area contributed by atoms with Gasteiger partial charge >= 0.3 is 0 Å². The zero-order chi connectivity index (χ0) is 15.2. The lowest BCUT2D eigenvalue weighted by molar-refractivity contribution is -0.113. The van der Waals surface area contributed by atoms with E-state index >= 15 is 0 Å². The number of nitrogens with zero attached hydrogens (tertiary/aromatic N) is 1. The summed E-state index contributed by atoms with van der Waals surface area (Å²) in [5.41, 5.74) is 2.04. The molecule has 110 valence electrons. The number of benzene rings is 1. The zero-order valence-corrected chi connectivity index (χ0v) is 13.5. The van der Waals surface area contributed by atoms with Crippen molar-refractivity contribution in [2.24, 2.45) is 0 Å². The summed E-state index contributed by atoms with van der Waals surface area (Å²) in [5, 5.41) is 4.28. The molecule has 1 aromatic heterocycles. The van der Waals surface area contributed by atoms with Gasteiger partial charge < -0.3 is 5.32 Å². The van der Waals surface area contributed by atoms with E-state index in [1.54, 1.807) is 18.3 Å². The Bertz CT molecular complexity index is 614. The highest BCUT2D eigenvalue weighted by atomic mass is 35.5. The van der Waals surface area contributed by atoms with Gasteiger partial charge in [0.1, 0.15) is 0 Å². The van der Waals surface area contributed by atoms with Gasteiger partial charge in [-0.05, 0) is 35.7 Å². The van der Waals surface area contributed by atoms with Crippen molar-refractivity contribution in [2.45, 2.75) is 24.8 Å². The first-order valence-electron chi connectivity index (χ1n) is 6.69. The molecular formula is C16H17ClN2OS. The lowest BCUT2D eigenvalue weighted by Crippen LogP contribution is -2.14. The first-order chi connectivity index (χ1) is 10.0. The second-order valence-electron chi connectivity index (χ2n) is 4.93. The molecular weight excluding hydrogens is 304 g/mol. The number of carbonyl (C=O) groups is 1. The third kappa shape index (κ3) is 5.06. The van der Waals surface area contributed by atoms with Gasteiger partial charge in [0.05, 0.1) is 15.8 Å². The third-order valence-electron chi connectivity index (χ3n) is 2.89. The van der Waals surface area contributed by atoms with Crippen LogP contribution in [0.4, 0.5) is 5.69 Å². The van der Waals surface area contributed by atoms with Gasteiger partial charge in [-0.3, -0.25) is 4.79 Å². The minimum absolute atomic E-state index is 0.0438. The quantitative estimate of drug-likeness (QED) is 0.819. The van der Waals surface area contributed by atoms with E-state index in [0.717, 1.165) is 10.7 Å². The molecule has 5 heteroatoms. The van der Waals surface area contributed by atoms with Gasteiger partial charge in [0.25, 0.3) is 0 Å². The number of rotatable bonds is 5. The number of thioether (sulfide) groups is 1. The fraction of sp³-hybridized carbons (Fsp3) is 0.250. The Balaban J connectivity index is 1.89. The van der Waals surface area contributed by atoms with Crippen LogP contribution in [-0.2, 0) is 4.79 Å². The van der Waals surface area contributed by atoms with Crippen LogP contribution in [0, 0.1) is 0 Å². The van der Waals surface area contributed by atoms with Crippen molar-refractivity contribution in [3.8, 4) is 0 Å². The molecule has 2 rings (SSSR count). The number of aromatic nitrogens is 1. The van der Waals surface area contributed by atoms with Gasteiger partial charge in [0, 0.05) is 11.9 Å². The largest absolute Gasteiger partial charge is 0.325 e. The van der Waals surface area contributed by atoms with E-state index in [1.165, 1.54) is 17.3 Å². The molecule has 0 saturated carbocycles. The van der Waals surface area contributed by atoms with Gasteiger partial charge in [-0.2, -0.15) is 0 Å². The van der Waals surface area contributed by atoms with Crippen molar-refractivity contribution in [1.82, 2.24) is 4.98 Å². The van der Waals surface area contributed by atoms with Crippen molar-refractivity contribution < 1.29 is 4.79 Å². The highest BCUT2D eigenvalue weighted by Crippen LogP contribution is 2.20. The van der Waals surface area contributed by atoms with Gasteiger partial charge in [0.2, 0.25) is 5.91 Å². The van der Waals surface area contributed by atoms with Crippen molar-refractivity contribution in [3.05, 3.63) is 53.2 Å². The number of amides is 1. The molecule has 0 saturated heterocycles. The van der Waals surface area contributed by atoms with Crippen molar-refractivity contribution in [1.29, 1.82) is 0 Å². The highest BCUT2D eigenvalue weighted by Gasteiger charge is 2.06. The fourth-order valence-electron chi connectivity index (χ4n) is 1.76. The van der Waals surface area contributed by atoms with Crippen LogP contribution in [0.3, 0.4) is 0 Å². The molecule has 0 atom stereocenters. The number of pyridine rings is 1. The second-order valence-corrected chi connectivity index (χ2v) is 6.36. The van der Waals surface area contributed by atoms with Gasteiger partial charge in [-0.15, -0.1) is 0 Å². The smallest absolute Gasteiger partial charge is 0.234 e. The average molecular weight is 321 g/mol. The molecule has 2 aromatic rings. The average Bonchev–Trinajstić information content (AvgIpc) is 2.47. The summed E-state index contributed by atoms with van der Waals surface area (Å²) < 4.78 is 0. The molecule has 0 aliphatic heterocycles. The molecule has 0 bridgehead atoms. The van der Waals surface area contributed by atoms with E-state index in [4.69, 9.17) is 11.6 Å². The second kappa shape index (κ2) is 7.48. The standard InChI is InChI=1S/C16H17ClN2OS/c1-11(2)12-4-3-5-14(8-12)19-15(20)10-21-16-7-6-13(17)9-18-16/h3-9,11H,10H2,1-2H3,(H,19,20). The SMILES string of the molecule is CC(C)c1cccc(NC(=O)CSc2ccc(Cl)cn2)c1. The maximum Gasteiger partial charge on any atom is 0.234 e. The number of anilines is 1. The lowest BCUT2D eigenvalue weighted by Gasteiger charge is -2.09. The molecule has 0 radical (unpaired) electrons. The molecule has 0 aliphatic carbocycles. The summed E-state index contributed by atoms with van der Waals surface area (Å²) in [7, 11) is 0. The summed E-state index contributed by atoms with van der Waals surface area (Å²) >= 11 is 7.16. The molecule has 3 nitrogen and oxygen atoms in total. The van der Waals surface area contributed by atoms with Crippen LogP contribution in [0.25, 0.3) is 0 Å². The maximum absolute atomic E-state index is 11.9. The Morgan fingerprint density at radius 3 is 2.81 bits per heavy atom. The van der Waals surface area contributed by atoms with Crippen LogP contribution in [0.5, 0.6) is 0 Å². The van der Waals surface area contributed by atoms with E-state index in [-0.39, 0.29) is 5.91 Å². The van der Waals surface area contributed by atoms with Crippen LogP contribution in [-0.4, -0.2) is 16.6 Å². The molecule has 0 spiro atoms. The van der Waals surface area contributed by atoms with Crippen molar-refractivity contribution in [3.63, 3.8) is 0 Å². The summed E-state index contributed by atoms with van der Waals surface area (Å²) in [6.07, 6.45) is 1.58. The normalized spacial score (nSPS) is 10.7. The van der Waals surface area contributed by atoms with E-state index in [0.29, 0.717) is 16.7 Å². The number of halogens is 1. The number of hydrogen-bond donors (Lipinski definition) is 1. The molecule has 21 heavy (non-hydrogen) atoms. The number of carbonyl (C=O) groups excluding carboxylic acids is 1. The van der Waals surface area contributed by atoms with E-state index in [2.05, 4.69) is 30.2 Å². The number of hydrogen-bond acceptors (Lipinski definition) is 3. The summed E-state index contributed by atoms with van der Waals surface area (Å²) in [6, 6.07) is 11.5. The van der Waals surface area contributed by atoms with Crippen LogP contribution in [0.1, 0.15) is 25.3 Å². The maximum atomic E-state index is 11.9. The fourth-order valence-corrected chi connectivity index (χ4v) is 2.51. The Hall–Kier alpha value is -1.52. The van der Waals surface area contributed by atoms with Gasteiger partial charge in [0.15, 0.2) is 0 Å². The van der Waals surface area contributed by atoms with E-state index in [1.807, 2.05) is 18.2 Å². The molecule has 0 unspecified atom stereocenters. The van der Waals surface area contributed by atoms with Gasteiger partial charge in [-0.1, -0.05) is 49.3 Å². The Morgan fingerprint density at radius 1 is 1.33 bits per heavy atom. The monoisotopic (exact) mass is 320 g/mol. The molecule has 0 aliphatic rings. The van der Waals surface area contributed by atoms with Crippen LogP contribution < -0.4 is 5.32 Å². The predicted molar refractivity (Wildman–Crippen MR) is 89.1 cm³/mol. The lowest BCUT2D eigenvalue weighted by atomic mass is 10.0. The van der Waals surface area contributed by atoms with Crippen LogP contribution >= 0.6 is 23.4 Å². The highest BCUT2D eigenvalue weighted by molar-refractivity contribution is 7.99. The Kier molecular flexibility index (Phi) is 5.65.